The van der Waals surface area contributed by atoms with Gasteiger partial charge in [0, 0.05) is 23.9 Å². The SMILES string of the molecule is Cc1cccnc1NC(=O)c1[nH]c2c(c1C)C(=O)CCC2. The summed E-state index contributed by atoms with van der Waals surface area (Å²) in [6.45, 7) is 3.71. The van der Waals surface area contributed by atoms with Crippen LogP contribution in [0, 0.1) is 13.8 Å². The molecule has 2 N–H and O–H groups in total. The fraction of sp³-hybridized carbons (Fsp3) is 0.312. The Morgan fingerprint density at radius 3 is 2.86 bits per heavy atom. The predicted octanol–water partition coefficient (Wildman–Crippen LogP) is 2.80. The Labute approximate surface area is 122 Å². The molecular formula is C16H17N3O2. The lowest BCUT2D eigenvalue weighted by Gasteiger charge is -2.09. The molecule has 2 aromatic rings. The molecule has 0 bridgehead atoms. The number of ketones is 1. The highest BCUT2D eigenvalue weighted by molar-refractivity contribution is 6.08. The molecule has 0 fully saturated rings. The number of carbonyl (C=O) groups is 2. The number of aryl methyl sites for hydroxylation is 2. The first kappa shape index (κ1) is 13.5. The summed E-state index contributed by atoms with van der Waals surface area (Å²) in [5, 5.41) is 2.80. The molecule has 0 spiro atoms. The Balaban J connectivity index is 1.93. The van der Waals surface area contributed by atoms with Crippen molar-refractivity contribution in [1.29, 1.82) is 0 Å². The van der Waals surface area contributed by atoms with Crippen molar-refractivity contribution in [3.63, 3.8) is 0 Å². The number of nitrogens with one attached hydrogen (secondary N) is 2. The van der Waals surface area contributed by atoms with Crippen molar-refractivity contribution in [3.05, 3.63) is 46.4 Å². The number of nitrogens with zero attached hydrogens (tertiary/aromatic N) is 1. The van der Waals surface area contributed by atoms with Crippen LogP contribution in [0.25, 0.3) is 0 Å². The zero-order chi connectivity index (χ0) is 15.0. The molecule has 1 aliphatic carbocycles. The van der Waals surface area contributed by atoms with Gasteiger partial charge >= 0.3 is 0 Å². The van der Waals surface area contributed by atoms with Crippen molar-refractivity contribution >= 4 is 17.5 Å². The van der Waals surface area contributed by atoms with Crippen LogP contribution < -0.4 is 5.32 Å². The number of Topliss-reactive ketones (excluding diaryl/α,β-unsaturated/α-hetero) is 1. The van der Waals surface area contributed by atoms with E-state index < -0.39 is 0 Å². The monoisotopic (exact) mass is 283 g/mol. The van der Waals surface area contributed by atoms with Crippen molar-refractivity contribution in [2.24, 2.45) is 0 Å². The maximum absolute atomic E-state index is 12.4. The molecule has 5 heteroatoms. The Hall–Kier alpha value is -2.43. The number of hydrogen-bond acceptors (Lipinski definition) is 3. The van der Waals surface area contributed by atoms with Gasteiger partial charge in [-0.25, -0.2) is 4.98 Å². The van der Waals surface area contributed by atoms with Crippen LogP contribution >= 0.6 is 0 Å². The molecule has 1 aliphatic rings. The predicted molar refractivity (Wildman–Crippen MR) is 79.7 cm³/mol. The fourth-order valence-electron chi connectivity index (χ4n) is 2.79. The number of amides is 1. The average Bonchev–Trinajstić information content (AvgIpc) is 2.80. The van der Waals surface area contributed by atoms with Crippen LogP contribution in [0.4, 0.5) is 5.82 Å². The third kappa shape index (κ3) is 2.35. The molecule has 21 heavy (non-hydrogen) atoms. The summed E-state index contributed by atoms with van der Waals surface area (Å²) in [4.78, 5) is 31.7. The number of aromatic amines is 1. The first-order chi connectivity index (χ1) is 10.1. The highest BCUT2D eigenvalue weighted by Crippen LogP contribution is 2.27. The molecule has 108 valence electrons. The van der Waals surface area contributed by atoms with E-state index in [1.807, 2.05) is 26.0 Å². The van der Waals surface area contributed by atoms with Crippen LogP contribution in [0.3, 0.4) is 0 Å². The van der Waals surface area contributed by atoms with E-state index in [4.69, 9.17) is 0 Å². The Kier molecular flexibility index (Phi) is 3.33. The standard InChI is InChI=1S/C16H17N3O2/c1-9-5-4-8-17-15(9)19-16(21)14-10(2)13-11(18-14)6-3-7-12(13)20/h4-5,8,18H,3,6-7H2,1-2H3,(H,17,19,21). The van der Waals surface area contributed by atoms with Gasteiger partial charge in [-0.3, -0.25) is 9.59 Å². The first-order valence-electron chi connectivity index (χ1n) is 7.05. The topological polar surface area (TPSA) is 74.8 Å². The second-order valence-corrected chi connectivity index (χ2v) is 5.38. The van der Waals surface area contributed by atoms with Crippen LogP contribution in [0.1, 0.15) is 50.5 Å². The second kappa shape index (κ2) is 5.16. The molecule has 0 aliphatic heterocycles. The zero-order valence-electron chi connectivity index (χ0n) is 12.1. The van der Waals surface area contributed by atoms with Gasteiger partial charge in [0.2, 0.25) is 0 Å². The van der Waals surface area contributed by atoms with Crippen LogP contribution in [-0.2, 0) is 6.42 Å². The molecule has 0 saturated heterocycles. The van der Waals surface area contributed by atoms with Crippen molar-refractivity contribution in [2.45, 2.75) is 33.1 Å². The van der Waals surface area contributed by atoms with Gasteiger partial charge in [0.1, 0.15) is 11.5 Å². The molecule has 0 atom stereocenters. The number of anilines is 1. The quantitative estimate of drug-likeness (QED) is 0.890. The molecule has 1 amide bonds. The minimum atomic E-state index is -0.253. The van der Waals surface area contributed by atoms with Crippen molar-refractivity contribution in [2.75, 3.05) is 5.32 Å². The van der Waals surface area contributed by atoms with Gasteiger partial charge in [-0.05, 0) is 43.9 Å². The van der Waals surface area contributed by atoms with E-state index in [2.05, 4.69) is 15.3 Å². The van der Waals surface area contributed by atoms with Gasteiger partial charge in [-0.2, -0.15) is 0 Å². The smallest absolute Gasteiger partial charge is 0.273 e. The number of rotatable bonds is 2. The normalized spacial score (nSPS) is 13.9. The van der Waals surface area contributed by atoms with Crippen molar-refractivity contribution < 1.29 is 9.59 Å². The molecule has 2 heterocycles. The zero-order valence-corrected chi connectivity index (χ0v) is 12.1. The third-order valence-electron chi connectivity index (χ3n) is 3.91. The van der Waals surface area contributed by atoms with Crippen molar-refractivity contribution in [1.82, 2.24) is 9.97 Å². The molecule has 0 unspecified atom stereocenters. The minimum Gasteiger partial charge on any atom is -0.354 e. The van der Waals surface area contributed by atoms with Gasteiger partial charge < -0.3 is 10.3 Å². The van der Waals surface area contributed by atoms with E-state index in [0.29, 0.717) is 23.5 Å². The van der Waals surface area contributed by atoms with Crippen LogP contribution in [-0.4, -0.2) is 21.7 Å². The van der Waals surface area contributed by atoms with Crippen molar-refractivity contribution in [3.8, 4) is 0 Å². The number of carbonyl (C=O) groups excluding carboxylic acids is 2. The molecule has 0 saturated carbocycles. The molecule has 5 nitrogen and oxygen atoms in total. The highest BCUT2D eigenvalue weighted by atomic mass is 16.2. The maximum atomic E-state index is 12.4. The fourth-order valence-corrected chi connectivity index (χ4v) is 2.79. The van der Waals surface area contributed by atoms with E-state index in [0.717, 1.165) is 29.7 Å². The summed E-state index contributed by atoms with van der Waals surface area (Å²) in [6.07, 6.45) is 3.86. The van der Waals surface area contributed by atoms with Gasteiger partial charge in [-0.1, -0.05) is 6.07 Å². The summed E-state index contributed by atoms with van der Waals surface area (Å²) in [7, 11) is 0. The van der Waals surface area contributed by atoms with E-state index >= 15 is 0 Å². The van der Waals surface area contributed by atoms with Crippen LogP contribution in [0.2, 0.25) is 0 Å². The lowest BCUT2D eigenvalue weighted by Crippen LogP contribution is -2.15. The Morgan fingerprint density at radius 2 is 2.14 bits per heavy atom. The number of pyridine rings is 1. The van der Waals surface area contributed by atoms with Gasteiger partial charge in [0.15, 0.2) is 5.78 Å². The summed E-state index contributed by atoms with van der Waals surface area (Å²) in [5.74, 6) is 0.412. The summed E-state index contributed by atoms with van der Waals surface area (Å²) >= 11 is 0. The molecule has 3 rings (SSSR count). The highest BCUT2D eigenvalue weighted by Gasteiger charge is 2.26. The number of fused-ring (bicyclic) bond motifs is 1. The van der Waals surface area contributed by atoms with Crippen LogP contribution in [0.5, 0.6) is 0 Å². The lowest BCUT2D eigenvalue weighted by molar-refractivity contribution is 0.0971. The van der Waals surface area contributed by atoms with E-state index in [-0.39, 0.29) is 11.7 Å². The lowest BCUT2D eigenvalue weighted by atomic mass is 9.94. The Morgan fingerprint density at radius 1 is 1.33 bits per heavy atom. The van der Waals surface area contributed by atoms with Crippen LogP contribution in [0.15, 0.2) is 18.3 Å². The Bertz CT molecular complexity index is 731. The van der Waals surface area contributed by atoms with E-state index in [1.165, 1.54) is 0 Å². The summed E-state index contributed by atoms with van der Waals surface area (Å²) < 4.78 is 0. The molecule has 0 aromatic carbocycles. The van der Waals surface area contributed by atoms with Gasteiger partial charge in [0.25, 0.3) is 5.91 Å². The molecule has 0 radical (unpaired) electrons. The minimum absolute atomic E-state index is 0.123. The van der Waals surface area contributed by atoms with E-state index in [1.54, 1.807) is 6.20 Å². The average molecular weight is 283 g/mol. The largest absolute Gasteiger partial charge is 0.354 e. The summed E-state index contributed by atoms with van der Waals surface area (Å²) in [5.41, 5.74) is 3.67. The molecule has 2 aromatic heterocycles. The number of hydrogen-bond donors (Lipinski definition) is 2. The first-order valence-corrected chi connectivity index (χ1v) is 7.05. The maximum Gasteiger partial charge on any atom is 0.273 e. The van der Waals surface area contributed by atoms with Gasteiger partial charge in [0.05, 0.1) is 0 Å². The third-order valence-corrected chi connectivity index (χ3v) is 3.91. The van der Waals surface area contributed by atoms with Gasteiger partial charge in [-0.15, -0.1) is 0 Å². The molecular weight excluding hydrogens is 266 g/mol. The number of H-pyrrole nitrogens is 1. The summed E-state index contributed by atoms with van der Waals surface area (Å²) in [6, 6.07) is 3.71. The second-order valence-electron chi connectivity index (χ2n) is 5.38. The number of aromatic nitrogens is 2. The van der Waals surface area contributed by atoms with E-state index in [9.17, 15) is 9.59 Å².